The molecule has 1 aromatic rings. The number of benzene rings is 1. The fraction of sp³-hybridized carbons (Fsp3) is 0.533. The Balaban J connectivity index is 0.00000200. The van der Waals surface area contributed by atoms with E-state index in [0.29, 0.717) is 5.96 Å². The van der Waals surface area contributed by atoms with Crippen molar-refractivity contribution in [1.29, 1.82) is 0 Å². The van der Waals surface area contributed by atoms with E-state index in [1.807, 2.05) is 12.1 Å². The molecular weight excluding hydrogens is 365 g/mol. The molecule has 0 atom stereocenters. The summed E-state index contributed by atoms with van der Waals surface area (Å²) in [5, 5.41) is 0. The van der Waals surface area contributed by atoms with Crippen LogP contribution in [0.3, 0.4) is 0 Å². The van der Waals surface area contributed by atoms with E-state index in [1.165, 1.54) is 24.8 Å². The zero-order valence-corrected chi connectivity index (χ0v) is 14.4. The highest BCUT2D eigenvalue weighted by Crippen LogP contribution is 2.12. The van der Waals surface area contributed by atoms with Gasteiger partial charge in [-0.15, -0.1) is 24.0 Å². The number of aliphatic imine (C=N–C) groups is 1. The van der Waals surface area contributed by atoms with Crippen molar-refractivity contribution in [3.05, 3.63) is 29.8 Å². The van der Waals surface area contributed by atoms with E-state index in [2.05, 4.69) is 22.0 Å². The first-order valence-corrected chi connectivity index (χ1v) is 6.97. The van der Waals surface area contributed by atoms with Crippen LogP contribution in [-0.2, 0) is 6.42 Å². The standard InChI is InChI=1S/C15H23N3O.HI/c1-19-14-7-5-13(6-8-14)9-10-17-15(16)18-11-3-2-4-12-18;/h5-8H,2-4,9-12H2,1H3,(H2,16,17);1H. The van der Waals surface area contributed by atoms with Crippen molar-refractivity contribution in [3.63, 3.8) is 0 Å². The third-order valence-electron chi connectivity index (χ3n) is 3.51. The first-order valence-electron chi connectivity index (χ1n) is 6.97. The van der Waals surface area contributed by atoms with Gasteiger partial charge in [0, 0.05) is 19.6 Å². The van der Waals surface area contributed by atoms with Gasteiger partial charge in [0.1, 0.15) is 5.75 Å². The van der Waals surface area contributed by atoms with Crippen molar-refractivity contribution in [2.75, 3.05) is 26.7 Å². The Kier molecular flexibility index (Phi) is 7.72. The Bertz CT molecular complexity index is 414. The molecule has 0 unspecified atom stereocenters. The van der Waals surface area contributed by atoms with Gasteiger partial charge in [-0.25, -0.2) is 0 Å². The first-order chi connectivity index (χ1) is 9.29. The Labute approximate surface area is 138 Å². The van der Waals surface area contributed by atoms with Gasteiger partial charge < -0.3 is 15.4 Å². The van der Waals surface area contributed by atoms with Crippen molar-refractivity contribution in [2.45, 2.75) is 25.7 Å². The third kappa shape index (κ3) is 5.19. The second kappa shape index (κ2) is 9.05. The molecule has 1 fully saturated rings. The molecule has 0 spiro atoms. The smallest absolute Gasteiger partial charge is 0.191 e. The van der Waals surface area contributed by atoms with Gasteiger partial charge in [-0.2, -0.15) is 0 Å². The van der Waals surface area contributed by atoms with Crippen molar-refractivity contribution in [2.24, 2.45) is 10.7 Å². The summed E-state index contributed by atoms with van der Waals surface area (Å²) in [4.78, 5) is 6.67. The van der Waals surface area contributed by atoms with Crippen LogP contribution in [0.4, 0.5) is 0 Å². The van der Waals surface area contributed by atoms with E-state index in [0.717, 1.165) is 31.8 Å². The van der Waals surface area contributed by atoms with Gasteiger partial charge in [-0.3, -0.25) is 4.99 Å². The third-order valence-corrected chi connectivity index (χ3v) is 3.51. The number of halogens is 1. The minimum absolute atomic E-state index is 0. The van der Waals surface area contributed by atoms with Crippen LogP contribution in [0.25, 0.3) is 0 Å². The molecule has 2 rings (SSSR count). The topological polar surface area (TPSA) is 50.9 Å². The average molecular weight is 389 g/mol. The molecular formula is C15H24IN3O. The van der Waals surface area contributed by atoms with E-state index in [1.54, 1.807) is 7.11 Å². The maximum absolute atomic E-state index is 6.01. The summed E-state index contributed by atoms with van der Waals surface area (Å²) in [6.45, 7) is 2.85. The molecule has 0 radical (unpaired) electrons. The number of hydrogen-bond acceptors (Lipinski definition) is 2. The number of methoxy groups -OCH3 is 1. The fourth-order valence-corrected chi connectivity index (χ4v) is 2.31. The van der Waals surface area contributed by atoms with Gasteiger partial charge in [0.2, 0.25) is 0 Å². The lowest BCUT2D eigenvalue weighted by Crippen LogP contribution is -2.41. The average Bonchev–Trinajstić information content (AvgIpc) is 2.49. The van der Waals surface area contributed by atoms with Crippen LogP contribution < -0.4 is 10.5 Å². The minimum atomic E-state index is 0. The predicted molar refractivity (Wildman–Crippen MR) is 94.0 cm³/mol. The molecule has 0 amide bonds. The molecule has 1 heterocycles. The number of guanidine groups is 1. The number of ether oxygens (including phenoxy) is 1. The van der Waals surface area contributed by atoms with Crippen LogP contribution in [0, 0.1) is 0 Å². The lowest BCUT2D eigenvalue weighted by molar-refractivity contribution is 0.338. The van der Waals surface area contributed by atoms with Gasteiger partial charge >= 0.3 is 0 Å². The summed E-state index contributed by atoms with van der Waals surface area (Å²) in [7, 11) is 1.68. The van der Waals surface area contributed by atoms with Gasteiger partial charge in [0.25, 0.3) is 0 Å². The zero-order chi connectivity index (χ0) is 13.5. The second-order valence-corrected chi connectivity index (χ2v) is 4.89. The van der Waals surface area contributed by atoms with Gasteiger partial charge in [-0.05, 0) is 43.4 Å². The highest BCUT2D eigenvalue weighted by atomic mass is 127. The molecule has 4 nitrogen and oxygen atoms in total. The van der Waals surface area contributed by atoms with Crippen molar-refractivity contribution in [3.8, 4) is 5.75 Å². The quantitative estimate of drug-likeness (QED) is 0.490. The van der Waals surface area contributed by atoms with E-state index >= 15 is 0 Å². The molecule has 5 heteroatoms. The first kappa shape index (κ1) is 17.1. The Morgan fingerprint density at radius 1 is 1.20 bits per heavy atom. The maximum atomic E-state index is 6.01. The number of piperidine rings is 1. The van der Waals surface area contributed by atoms with Crippen LogP contribution in [-0.4, -0.2) is 37.6 Å². The highest BCUT2D eigenvalue weighted by molar-refractivity contribution is 14.0. The molecule has 0 bridgehead atoms. The zero-order valence-electron chi connectivity index (χ0n) is 12.0. The summed E-state index contributed by atoms with van der Waals surface area (Å²) < 4.78 is 5.14. The normalized spacial score (nSPS) is 15.7. The lowest BCUT2D eigenvalue weighted by atomic mass is 10.1. The number of nitrogens with zero attached hydrogens (tertiary/aromatic N) is 2. The number of rotatable bonds is 4. The summed E-state index contributed by atoms with van der Waals surface area (Å²) in [5.74, 6) is 1.59. The Morgan fingerprint density at radius 2 is 1.85 bits per heavy atom. The SMILES string of the molecule is COc1ccc(CCN=C(N)N2CCCCC2)cc1.I. The minimum Gasteiger partial charge on any atom is -0.497 e. The molecule has 0 saturated carbocycles. The van der Waals surface area contributed by atoms with E-state index in [-0.39, 0.29) is 24.0 Å². The van der Waals surface area contributed by atoms with Crippen LogP contribution in [0.1, 0.15) is 24.8 Å². The second-order valence-electron chi connectivity index (χ2n) is 4.89. The fourth-order valence-electron chi connectivity index (χ4n) is 2.31. The molecule has 1 aliphatic heterocycles. The number of likely N-dealkylation sites (tertiary alicyclic amines) is 1. The Morgan fingerprint density at radius 3 is 2.45 bits per heavy atom. The summed E-state index contributed by atoms with van der Waals surface area (Å²) in [5.41, 5.74) is 7.27. The highest BCUT2D eigenvalue weighted by Gasteiger charge is 2.11. The van der Waals surface area contributed by atoms with Crippen molar-refractivity contribution in [1.82, 2.24) is 4.90 Å². The molecule has 1 saturated heterocycles. The summed E-state index contributed by atoms with van der Waals surface area (Å²) in [6, 6.07) is 8.11. The number of nitrogens with two attached hydrogens (primary N) is 1. The van der Waals surface area contributed by atoms with E-state index in [9.17, 15) is 0 Å². The molecule has 0 aromatic heterocycles. The molecule has 1 aliphatic rings. The summed E-state index contributed by atoms with van der Waals surface area (Å²) >= 11 is 0. The monoisotopic (exact) mass is 389 g/mol. The summed E-state index contributed by atoms with van der Waals surface area (Å²) in [6.07, 6.45) is 4.69. The van der Waals surface area contributed by atoms with E-state index in [4.69, 9.17) is 10.5 Å². The predicted octanol–water partition coefficient (Wildman–Crippen LogP) is 2.66. The van der Waals surface area contributed by atoms with Crippen molar-refractivity contribution < 1.29 is 4.74 Å². The van der Waals surface area contributed by atoms with Crippen LogP contribution in [0.2, 0.25) is 0 Å². The van der Waals surface area contributed by atoms with Crippen LogP contribution in [0.5, 0.6) is 5.75 Å². The van der Waals surface area contributed by atoms with E-state index < -0.39 is 0 Å². The lowest BCUT2D eigenvalue weighted by Gasteiger charge is -2.27. The Hall–Kier alpha value is -0.980. The van der Waals surface area contributed by atoms with Crippen LogP contribution in [0.15, 0.2) is 29.3 Å². The largest absolute Gasteiger partial charge is 0.497 e. The van der Waals surface area contributed by atoms with Gasteiger partial charge in [-0.1, -0.05) is 12.1 Å². The molecule has 0 aliphatic carbocycles. The van der Waals surface area contributed by atoms with Crippen LogP contribution >= 0.6 is 24.0 Å². The van der Waals surface area contributed by atoms with Gasteiger partial charge in [0.05, 0.1) is 7.11 Å². The van der Waals surface area contributed by atoms with Crippen molar-refractivity contribution >= 4 is 29.9 Å². The molecule has 1 aromatic carbocycles. The van der Waals surface area contributed by atoms with Gasteiger partial charge in [0.15, 0.2) is 5.96 Å². The molecule has 112 valence electrons. The molecule has 20 heavy (non-hydrogen) atoms. The maximum Gasteiger partial charge on any atom is 0.191 e. The molecule has 2 N–H and O–H groups in total. The number of hydrogen-bond donors (Lipinski definition) is 1.